The van der Waals surface area contributed by atoms with E-state index in [4.69, 9.17) is 15.2 Å². The van der Waals surface area contributed by atoms with Crippen molar-refractivity contribution in [2.75, 3.05) is 14.2 Å². The normalized spacial score (nSPS) is 17.5. The molecule has 0 bridgehead atoms. The Kier molecular flexibility index (Phi) is 3.32. The van der Waals surface area contributed by atoms with Crippen LogP contribution in [0.2, 0.25) is 0 Å². The maximum atomic E-state index is 14.1. The van der Waals surface area contributed by atoms with Gasteiger partial charge >= 0.3 is 0 Å². The molecular formula is C12H15BrFNO2. The molecule has 0 atom stereocenters. The topological polar surface area (TPSA) is 44.5 Å². The van der Waals surface area contributed by atoms with Crippen molar-refractivity contribution in [2.45, 2.75) is 24.8 Å². The third-order valence-electron chi connectivity index (χ3n) is 3.32. The van der Waals surface area contributed by atoms with E-state index in [0.29, 0.717) is 10.0 Å². The van der Waals surface area contributed by atoms with Crippen LogP contribution < -0.4 is 15.2 Å². The summed E-state index contributed by atoms with van der Waals surface area (Å²) in [5, 5.41) is 0. The van der Waals surface area contributed by atoms with Gasteiger partial charge in [-0.25, -0.2) is 0 Å². The van der Waals surface area contributed by atoms with E-state index >= 15 is 0 Å². The summed E-state index contributed by atoms with van der Waals surface area (Å²) in [4.78, 5) is 0. The first kappa shape index (κ1) is 12.6. The van der Waals surface area contributed by atoms with E-state index in [-0.39, 0.29) is 11.5 Å². The maximum absolute atomic E-state index is 14.1. The van der Waals surface area contributed by atoms with Crippen molar-refractivity contribution in [1.29, 1.82) is 0 Å². The zero-order valence-corrected chi connectivity index (χ0v) is 11.4. The molecule has 1 fully saturated rings. The van der Waals surface area contributed by atoms with Crippen LogP contribution in [-0.4, -0.2) is 14.2 Å². The van der Waals surface area contributed by atoms with Gasteiger partial charge in [0.25, 0.3) is 0 Å². The molecule has 0 saturated heterocycles. The molecule has 5 heteroatoms. The van der Waals surface area contributed by atoms with E-state index in [1.807, 2.05) is 0 Å². The van der Waals surface area contributed by atoms with Crippen LogP contribution in [-0.2, 0) is 5.54 Å². The lowest BCUT2D eigenvalue weighted by Crippen LogP contribution is -2.43. The summed E-state index contributed by atoms with van der Waals surface area (Å²) >= 11 is 3.29. The van der Waals surface area contributed by atoms with Gasteiger partial charge in [0.1, 0.15) is 0 Å². The Hall–Kier alpha value is -0.810. The minimum Gasteiger partial charge on any atom is -0.493 e. The highest BCUT2D eigenvalue weighted by Crippen LogP contribution is 2.47. The van der Waals surface area contributed by atoms with Gasteiger partial charge < -0.3 is 15.2 Å². The Labute approximate surface area is 108 Å². The van der Waals surface area contributed by atoms with Crippen LogP contribution in [0.15, 0.2) is 10.5 Å². The fourth-order valence-corrected chi connectivity index (χ4v) is 2.73. The number of nitrogens with two attached hydrogens (primary N) is 1. The number of hydrogen-bond donors (Lipinski definition) is 1. The Morgan fingerprint density at radius 2 is 1.88 bits per heavy atom. The van der Waals surface area contributed by atoms with Gasteiger partial charge in [-0.1, -0.05) is 0 Å². The summed E-state index contributed by atoms with van der Waals surface area (Å²) in [5.74, 6) is -0.170. The summed E-state index contributed by atoms with van der Waals surface area (Å²) in [6.07, 6.45) is 2.76. The summed E-state index contributed by atoms with van der Waals surface area (Å²) in [5.41, 5.74) is 6.46. The molecule has 0 amide bonds. The van der Waals surface area contributed by atoms with Crippen LogP contribution in [0, 0.1) is 5.82 Å². The molecule has 94 valence electrons. The van der Waals surface area contributed by atoms with E-state index in [9.17, 15) is 4.39 Å². The van der Waals surface area contributed by atoms with Crippen molar-refractivity contribution in [2.24, 2.45) is 5.73 Å². The zero-order chi connectivity index (χ0) is 12.6. The Morgan fingerprint density at radius 1 is 1.29 bits per heavy atom. The predicted molar refractivity (Wildman–Crippen MR) is 66.9 cm³/mol. The van der Waals surface area contributed by atoms with E-state index < -0.39 is 11.4 Å². The van der Waals surface area contributed by atoms with Crippen molar-refractivity contribution in [3.05, 3.63) is 21.9 Å². The second-order valence-corrected chi connectivity index (χ2v) is 5.15. The standard InChI is InChI=1S/C12H15BrFNO2/c1-16-10-7(12(15)4-3-5-12)6-8(13)11(17-2)9(10)14/h6H,3-5,15H2,1-2H3. The number of ether oxygens (including phenoxy) is 2. The molecule has 0 unspecified atom stereocenters. The number of hydrogen-bond acceptors (Lipinski definition) is 3. The van der Waals surface area contributed by atoms with Gasteiger partial charge in [0.2, 0.25) is 5.82 Å². The molecule has 1 aromatic carbocycles. The minimum atomic E-state index is -0.504. The van der Waals surface area contributed by atoms with Crippen LogP contribution in [0.4, 0.5) is 4.39 Å². The highest BCUT2D eigenvalue weighted by molar-refractivity contribution is 9.10. The van der Waals surface area contributed by atoms with Crippen LogP contribution >= 0.6 is 15.9 Å². The summed E-state index contributed by atoms with van der Waals surface area (Å²) in [7, 11) is 2.86. The second kappa shape index (κ2) is 4.46. The molecule has 2 N–H and O–H groups in total. The third-order valence-corrected chi connectivity index (χ3v) is 3.91. The van der Waals surface area contributed by atoms with Gasteiger partial charge in [-0.05, 0) is 41.3 Å². The molecule has 1 aliphatic rings. The van der Waals surface area contributed by atoms with Crippen LogP contribution in [0.1, 0.15) is 24.8 Å². The van der Waals surface area contributed by atoms with Gasteiger partial charge in [0, 0.05) is 11.1 Å². The predicted octanol–water partition coefficient (Wildman–Crippen LogP) is 2.94. The first-order chi connectivity index (χ1) is 8.03. The average molecular weight is 304 g/mol. The van der Waals surface area contributed by atoms with E-state index in [1.165, 1.54) is 14.2 Å². The fourth-order valence-electron chi connectivity index (χ4n) is 2.17. The molecular weight excluding hydrogens is 289 g/mol. The lowest BCUT2D eigenvalue weighted by Gasteiger charge is -2.39. The van der Waals surface area contributed by atoms with Crippen molar-refractivity contribution in [3.8, 4) is 11.5 Å². The lowest BCUT2D eigenvalue weighted by atomic mass is 9.72. The van der Waals surface area contributed by atoms with Gasteiger partial charge in [-0.3, -0.25) is 0 Å². The van der Waals surface area contributed by atoms with Crippen LogP contribution in [0.25, 0.3) is 0 Å². The third kappa shape index (κ3) is 1.91. The van der Waals surface area contributed by atoms with E-state index in [2.05, 4.69) is 15.9 Å². The maximum Gasteiger partial charge on any atom is 0.208 e. The molecule has 0 aromatic heterocycles. The molecule has 1 aromatic rings. The number of halogens is 2. The van der Waals surface area contributed by atoms with Gasteiger partial charge in [0.15, 0.2) is 11.5 Å². The minimum absolute atomic E-state index is 0.147. The molecule has 2 rings (SSSR count). The molecule has 17 heavy (non-hydrogen) atoms. The van der Waals surface area contributed by atoms with Crippen LogP contribution in [0.3, 0.4) is 0 Å². The average Bonchev–Trinajstić information content (AvgIpc) is 2.26. The van der Waals surface area contributed by atoms with E-state index in [0.717, 1.165) is 19.3 Å². The van der Waals surface area contributed by atoms with Crippen LogP contribution in [0.5, 0.6) is 11.5 Å². The monoisotopic (exact) mass is 303 g/mol. The smallest absolute Gasteiger partial charge is 0.208 e. The zero-order valence-electron chi connectivity index (χ0n) is 9.85. The highest BCUT2D eigenvalue weighted by Gasteiger charge is 2.38. The van der Waals surface area contributed by atoms with Gasteiger partial charge in [0.05, 0.1) is 18.7 Å². The molecule has 0 aliphatic heterocycles. The van der Waals surface area contributed by atoms with Gasteiger partial charge in [-0.2, -0.15) is 4.39 Å². The van der Waals surface area contributed by atoms with Gasteiger partial charge in [-0.15, -0.1) is 0 Å². The number of benzene rings is 1. The van der Waals surface area contributed by atoms with E-state index in [1.54, 1.807) is 6.07 Å². The van der Waals surface area contributed by atoms with Crippen molar-refractivity contribution < 1.29 is 13.9 Å². The number of methoxy groups -OCH3 is 2. The number of rotatable bonds is 3. The van der Waals surface area contributed by atoms with Crippen molar-refractivity contribution >= 4 is 15.9 Å². The largest absolute Gasteiger partial charge is 0.493 e. The molecule has 1 aliphatic carbocycles. The lowest BCUT2D eigenvalue weighted by molar-refractivity contribution is 0.239. The molecule has 3 nitrogen and oxygen atoms in total. The Balaban J connectivity index is 2.59. The van der Waals surface area contributed by atoms with Crippen molar-refractivity contribution in [1.82, 2.24) is 0 Å². The first-order valence-corrected chi connectivity index (χ1v) is 6.22. The van der Waals surface area contributed by atoms with Crippen molar-refractivity contribution in [3.63, 3.8) is 0 Å². The molecule has 1 saturated carbocycles. The molecule has 0 spiro atoms. The Bertz CT molecular complexity index is 447. The molecule has 0 heterocycles. The Morgan fingerprint density at radius 3 is 2.29 bits per heavy atom. The summed E-state index contributed by atoms with van der Waals surface area (Å²) < 4.78 is 24.8. The summed E-state index contributed by atoms with van der Waals surface area (Å²) in [6, 6.07) is 1.79. The summed E-state index contributed by atoms with van der Waals surface area (Å²) in [6.45, 7) is 0. The quantitative estimate of drug-likeness (QED) is 0.934. The highest BCUT2D eigenvalue weighted by atomic mass is 79.9. The molecule has 0 radical (unpaired) electrons. The SMILES string of the molecule is COc1c(Br)cc(C2(N)CCC2)c(OC)c1F. The second-order valence-electron chi connectivity index (χ2n) is 4.30. The first-order valence-electron chi connectivity index (χ1n) is 5.43. The fraction of sp³-hybridized carbons (Fsp3) is 0.500.